The van der Waals surface area contributed by atoms with E-state index in [1.54, 1.807) is 0 Å². The van der Waals surface area contributed by atoms with Gasteiger partial charge in [0.05, 0.1) is 29.7 Å². The molecule has 3 saturated heterocycles. The van der Waals surface area contributed by atoms with Gasteiger partial charge in [-0.15, -0.1) is 0 Å². The monoisotopic (exact) mass is 271 g/mol. The van der Waals surface area contributed by atoms with Gasteiger partial charge in [-0.25, -0.2) is 4.90 Å². The Morgan fingerprint density at radius 1 is 1.00 bits per heavy atom. The molecule has 0 radical (unpaired) electrons. The van der Waals surface area contributed by atoms with Gasteiger partial charge in [-0.3, -0.25) is 9.59 Å². The molecule has 2 amide bonds. The van der Waals surface area contributed by atoms with Crippen LogP contribution in [0, 0.1) is 25.7 Å². The van der Waals surface area contributed by atoms with Crippen molar-refractivity contribution in [2.45, 2.75) is 38.9 Å². The van der Waals surface area contributed by atoms with Gasteiger partial charge in [0.1, 0.15) is 0 Å². The van der Waals surface area contributed by atoms with Crippen molar-refractivity contribution in [3.63, 3.8) is 0 Å². The summed E-state index contributed by atoms with van der Waals surface area (Å²) in [6.07, 6.45) is 1.73. The lowest BCUT2D eigenvalue weighted by molar-refractivity contribution is -0.124. The van der Waals surface area contributed by atoms with Gasteiger partial charge in [0, 0.05) is 0 Å². The van der Waals surface area contributed by atoms with E-state index in [2.05, 4.69) is 0 Å². The van der Waals surface area contributed by atoms with Gasteiger partial charge in [0.25, 0.3) is 0 Å². The zero-order valence-corrected chi connectivity index (χ0v) is 11.6. The SMILES string of the molecule is Cc1ccc(N2C(=O)[C@@H]3[C@H](C2=O)[C@H]2CC[C@@H]3O2)cc1C. The molecule has 3 aliphatic rings. The number of rotatable bonds is 1. The normalized spacial score (nSPS) is 35.0. The van der Waals surface area contributed by atoms with Gasteiger partial charge in [-0.1, -0.05) is 6.07 Å². The fraction of sp³-hybridized carbons (Fsp3) is 0.500. The molecule has 0 aliphatic carbocycles. The summed E-state index contributed by atoms with van der Waals surface area (Å²) in [5.41, 5.74) is 2.97. The predicted octanol–water partition coefficient (Wildman–Crippen LogP) is 1.97. The molecule has 0 unspecified atom stereocenters. The lowest BCUT2D eigenvalue weighted by Gasteiger charge is -2.18. The summed E-state index contributed by atoms with van der Waals surface area (Å²) < 4.78 is 5.74. The summed E-state index contributed by atoms with van der Waals surface area (Å²) in [7, 11) is 0. The number of carbonyl (C=O) groups excluding carboxylic acids is 2. The Bertz CT molecular complexity index is 596. The molecule has 2 bridgehead atoms. The minimum Gasteiger partial charge on any atom is -0.373 e. The number of ether oxygens (including phenoxy) is 1. The molecular weight excluding hydrogens is 254 g/mol. The topological polar surface area (TPSA) is 46.6 Å². The highest BCUT2D eigenvalue weighted by atomic mass is 16.5. The maximum atomic E-state index is 12.6. The second kappa shape index (κ2) is 3.92. The van der Waals surface area contributed by atoms with Crippen LogP contribution in [0.3, 0.4) is 0 Å². The van der Waals surface area contributed by atoms with E-state index in [0.717, 1.165) is 24.0 Å². The van der Waals surface area contributed by atoms with Gasteiger partial charge < -0.3 is 4.74 Å². The Labute approximate surface area is 117 Å². The third-order valence-electron chi connectivity index (χ3n) is 5.03. The van der Waals surface area contributed by atoms with E-state index < -0.39 is 0 Å². The van der Waals surface area contributed by atoms with Gasteiger partial charge in [0.2, 0.25) is 11.8 Å². The van der Waals surface area contributed by atoms with E-state index >= 15 is 0 Å². The van der Waals surface area contributed by atoms with Crippen LogP contribution in [-0.4, -0.2) is 24.0 Å². The number of imide groups is 1. The Hall–Kier alpha value is -1.68. The third-order valence-corrected chi connectivity index (χ3v) is 5.03. The molecule has 4 nitrogen and oxygen atoms in total. The Kier molecular flexibility index (Phi) is 2.37. The standard InChI is InChI=1S/C16H17NO3/c1-8-3-4-10(7-9(8)2)17-15(18)13-11-5-6-12(20-11)14(13)16(17)19/h3-4,7,11-14H,5-6H2,1-2H3/t11-,12+,13-,14+. The molecule has 0 N–H and O–H groups in total. The maximum absolute atomic E-state index is 12.6. The molecular formula is C16H17NO3. The third kappa shape index (κ3) is 1.40. The van der Waals surface area contributed by atoms with Crippen molar-refractivity contribution < 1.29 is 14.3 Å². The summed E-state index contributed by atoms with van der Waals surface area (Å²) in [5.74, 6) is -0.642. The van der Waals surface area contributed by atoms with E-state index in [1.807, 2.05) is 32.0 Å². The van der Waals surface area contributed by atoms with Gasteiger partial charge >= 0.3 is 0 Å². The zero-order chi connectivity index (χ0) is 14.0. The van der Waals surface area contributed by atoms with Crippen LogP contribution in [0.25, 0.3) is 0 Å². The molecule has 0 saturated carbocycles. The van der Waals surface area contributed by atoms with E-state index in [-0.39, 0.29) is 35.9 Å². The summed E-state index contributed by atoms with van der Waals surface area (Å²) in [4.78, 5) is 26.6. The predicted molar refractivity (Wildman–Crippen MR) is 73.3 cm³/mol. The largest absolute Gasteiger partial charge is 0.373 e. The quantitative estimate of drug-likeness (QED) is 0.734. The van der Waals surface area contributed by atoms with Crippen molar-refractivity contribution >= 4 is 17.5 Å². The minimum absolute atomic E-state index is 0.0435. The first-order chi connectivity index (χ1) is 9.58. The highest BCUT2D eigenvalue weighted by Crippen LogP contribution is 2.49. The average molecular weight is 271 g/mol. The molecule has 0 spiro atoms. The lowest BCUT2D eigenvalue weighted by atomic mass is 9.81. The van der Waals surface area contributed by atoms with E-state index in [1.165, 1.54) is 4.90 Å². The molecule has 3 fully saturated rings. The van der Waals surface area contributed by atoms with Gasteiger partial charge in [-0.05, 0) is 49.9 Å². The van der Waals surface area contributed by atoms with Crippen LogP contribution in [0.1, 0.15) is 24.0 Å². The number of aryl methyl sites for hydroxylation is 2. The van der Waals surface area contributed by atoms with E-state index in [0.29, 0.717) is 5.69 Å². The summed E-state index contributed by atoms with van der Waals surface area (Å²) in [6.45, 7) is 4.02. The second-order valence-electron chi connectivity index (χ2n) is 6.12. The number of nitrogens with zero attached hydrogens (tertiary/aromatic N) is 1. The summed E-state index contributed by atoms with van der Waals surface area (Å²) in [6, 6.07) is 5.75. The lowest BCUT2D eigenvalue weighted by Crippen LogP contribution is -2.34. The zero-order valence-electron chi connectivity index (χ0n) is 11.6. The van der Waals surface area contributed by atoms with Crippen molar-refractivity contribution in [2.24, 2.45) is 11.8 Å². The van der Waals surface area contributed by atoms with Crippen molar-refractivity contribution in [3.05, 3.63) is 29.3 Å². The Morgan fingerprint density at radius 2 is 1.60 bits per heavy atom. The molecule has 4 heteroatoms. The van der Waals surface area contributed by atoms with Crippen molar-refractivity contribution in [3.8, 4) is 0 Å². The van der Waals surface area contributed by atoms with Crippen LogP contribution in [0.2, 0.25) is 0 Å². The number of hydrogen-bond donors (Lipinski definition) is 0. The molecule has 3 heterocycles. The van der Waals surface area contributed by atoms with Crippen LogP contribution < -0.4 is 4.90 Å². The van der Waals surface area contributed by atoms with Crippen LogP contribution in [0.5, 0.6) is 0 Å². The number of amides is 2. The minimum atomic E-state index is -0.247. The molecule has 4 rings (SSSR count). The Morgan fingerprint density at radius 3 is 2.15 bits per heavy atom. The smallest absolute Gasteiger partial charge is 0.240 e. The molecule has 4 atom stereocenters. The highest BCUT2D eigenvalue weighted by Gasteiger charge is 2.62. The van der Waals surface area contributed by atoms with Crippen molar-refractivity contribution in [2.75, 3.05) is 4.90 Å². The Balaban J connectivity index is 1.74. The first-order valence-corrected chi connectivity index (χ1v) is 7.18. The maximum Gasteiger partial charge on any atom is 0.240 e. The highest BCUT2D eigenvalue weighted by molar-refractivity contribution is 6.22. The van der Waals surface area contributed by atoms with Crippen molar-refractivity contribution in [1.29, 1.82) is 0 Å². The van der Waals surface area contributed by atoms with Crippen LogP contribution in [0.4, 0.5) is 5.69 Å². The van der Waals surface area contributed by atoms with Crippen molar-refractivity contribution in [1.82, 2.24) is 0 Å². The fourth-order valence-electron chi connectivity index (χ4n) is 3.83. The molecule has 3 aliphatic heterocycles. The van der Waals surface area contributed by atoms with Crippen LogP contribution >= 0.6 is 0 Å². The van der Waals surface area contributed by atoms with E-state index in [9.17, 15) is 9.59 Å². The molecule has 104 valence electrons. The van der Waals surface area contributed by atoms with Crippen LogP contribution in [-0.2, 0) is 14.3 Å². The average Bonchev–Trinajstić information content (AvgIpc) is 3.08. The fourth-order valence-corrected chi connectivity index (χ4v) is 3.83. The number of hydrogen-bond acceptors (Lipinski definition) is 3. The number of benzene rings is 1. The number of fused-ring (bicyclic) bond motifs is 5. The van der Waals surface area contributed by atoms with Gasteiger partial charge in [0.15, 0.2) is 0 Å². The van der Waals surface area contributed by atoms with E-state index in [4.69, 9.17) is 4.74 Å². The molecule has 1 aromatic carbocycles. The van der Waals surface area contributed by atoms with Gasteiger partial charge in [-0.2, -0.15) is 0 Å². The first kappa shape index (κ1) is 12.1. The summed E-state index contributed by atoms with van der Waals surface area (Å²) >= 11 is 0. The van der Waals surface area contributed by atoms with Crippen LogP contribution in [0.15, 0.2) is 18.2 Å². The number of carbonyl (C=O) groups is 2. The molecule has 20 heavy (non-hydrogen) atoms. The second-order valence-corrected chi connectivity index (χ2v) is 6.12. The summed E-state index contributed by atoms with van der Waals surface area (Å²) in [5, 5.41) is 0. The number of anilines is 1. The molecule has 1 aromatic rings. The molecule has 0 aromatic heterocycles. The first-order valence-electron chi connectivity index (χ1n) is 7.18.